The summed E-state index contributed by atoms with van der Waals surface area (Å²) in [6.07, 6.45) is -0.536. The van der Waals surface area contributed by atoms with Gasteiger partial charge in [-0.3, -0.25) is 9.55 Å². The molecule has 0 amide bonds. The molecule has 0 saturated heterocycles. The number of aromatic nitrogens is 3. The van der Waals surface area contributed by atoms with Crippen molar-refractivity contribution < 1.29 is 38.5 Å². The van der Waals surface area contributed by atoms with E-state index in [9.17, 15) is 7.85 Å². The van der Waals surface area contributed by atoms with Gasteiger partial charge in [0, 0.05) is 39.9 Å². The standard InChI is InChI=1S/C57H50N3O.Pt/c1-36(2)47-34-49(41-22-15-10-16-23-41)53(35-48(47)40-20-13-9-14-21-40)60-52-25-17-24-46(54(52)59-56(60)50-29-37(3)28-38(4)55(50)61)43-30-44(32-45(31-43)57(5,6)7)51-33-42(26-27-58-51)39-18-11-8-12-19-39;/h8-29,31-36,61H,1-7H3;/q-1;/i8D,11D,12D,18D,19D,26D,27D,33D,36D;. The van der Waals surface area contributed by atoms with Gasteiger partial charge >= 0.3 is 0 Å². The van der Waals surface area contributed by atoms with E-state index in [1.807, 2.05) is 152 Å². The van der Waals surface area contributed by atoms with Crippen molar-refractivity contribution in [1.82, 2.24) is 14.5 Å². The van der Waals surface area contributed by atoms with E-state index >= 15 is 0 Å². The molecule has 0 aliphatic rings. The quantitative estimate of drug-likeness (QED) is 0.154. The van der Waals surface area contributed by atoms with Gasteiger partial charge in [0.1, 0.15) is 11.6 Å². The first kappa shape index (κ1) is 32.4. The Kier molecular flexibility index (Phi) is 8.98. The molecule has 310 valence electrons. The van der Waals surface area contributed by atoms with Crippen LogP contribution in [0.15, 0.2) is 164 Å². The largest absolute Gasteiger partial charge is 0.507 e. The van der Waals surface area contributed by atoms with Gasteiger partial charge in [-0.25, -0.2) is 4.98 Å². The monoisotopic (exact) mass is 996 g/mol. The first-order valence-electron chi connectivity index (χ1n) is 24.8. The predicted molar refractivity (Wildman–Crippen MR) is 254 cm³/mol. The van der Waals surface area contributed by atoms with Crippen molar-refractivity contribution in [2.45, 2.75) is 59.8 Å². The van der Waals surface area contributed by atoms with Gasteiger partial charge in [-0.15, -0.1) is 29.3 Å². The zero-order valence-corrected chi connectivity index (χ0v) is 37.8. The SMILES string of the molecule is [2H]c1nc(-c2[c-]c(-c3cccc4c3nc(-c3cc(C)cc(C)c3O)n4-c3cc(-c4ccccc4)c(C([2H])(C)C)cc3-c3ccccc3)cc(C(C)(C)C)c2)c([2H])c(-c2c([2H])c([2H])c([2H])c([2H])c2[2H])c1[2H].[Pt]. The Balaban J connectivity index is 0.00000676. The Labute approximate surface area is 392 Å². The molecule has 9 aromatic rings. The van der Waals surface area contributed by atoms with Gasteiger partial charge in [0.2, 0.25) is 0 Å². The van der Waals surface area contributed by atoms with Crippen molar-refractivity contribution in [3.05, 3.63) is 192 Å². The summed E-state index contributed by atoms with van der Waals surface area (Å²) >= 11 is 0. The first-order valence-corrected chi connectivity index (χ1v) is 20.3. The summed E-state index contributed by atoms with van der Waals surface area (Å²) < 4.78 is 81.0. The van der Waals surface area contributed by atoms with Gasteiger partial charge in [0.15, 0.2) is 0 Å². The van der Waals surface area contributed by atoms with Crippen LogP contribution in [0.5, 0.6) is 5.75 Å². The average Bonchev–Trinajstić information content (AvgIpc) is 3.72. The topological polar surface area (TPSA) is 50.9 Å². The van der Waals surface area contributed by atoms with E-state index < -0.39 is 53.7 Å². The van der Waals surface area contributed by atoms with Gasteiger partial charge in [-0.1, -0.05) is 161 Å². The van der Waals surface area contributed by atoms with E-state index in [0.717, 1.165) is 44.6 Å². The van der Waals surface area contributed by atoms with E-state index in [1.54, 1.807) is 0 Å². The molecule has 0 radical (unpaired) electrons. The fourth-order valence-corrected chi connectivity index (χ4v) is 7.98. The number of hydrogen-bond acceptors (Lipinski definition) is 3. The Bertz CT molecular complexity index is 3550. The summed E-state index contributed by atoms with van der Waals surface area (Å²) in [4.78, 5) is 9.90. The van der Waals surface area contributed by atoms with Crippen LogP contribution in [0.1, 0.15) is 75.1 Å². The number of aromatic hydroxyl groups is 1. The van der Waals surface area contributed by atoms with E-state index in [4.69, 9.17) is 14.6 Å². The molecule has 1 N–H and O–H groups in total. The van der Waals surface area contributed by atoms with Gasteiger partial charge in [-0.05, 0) is 100.0 Å². The molecular weight excluding hydrogens is 938 g/mol. The normalized spacial score (nSPS) is 13.8. The molecule has 0 aliphatic carbocycles. The maximum atomic E-state index is 12.0. The van der Waals surface area contributed by atoms with Crippen molar-refractivity contribution in [3.8, 4) is 78.6 Å². The number of nitrogens with zero attached hydrogens (tertiary/aromatic N) is 3. The molecule has 4 nitrogen and oxygen atoms in total. The molecule has 0 saturated carbocycles. The Morgan fingerprint density at radius 3 is 2.05 bits per heavy atom. The molecule has 2 aromatic heterocycles. The molecule has 0 bridgehead atoms. The molecule has 5 heteroatoms. The second kappa shape index (κ2) is 17.2. The van der Waals surface area contributed by atoms with E-state index in [1.165, 1.54) is 0 Å². The van der Waals surface area contributed by atoms with Crippen LogP contribution >= 0.6 is 0 Å². The third-order valence-corrected chi connectivity index (χ3v) is 11.1. The summed E-state index contributed by atoms with van der Waals surface area (Å²) in [6.45, 7) is 13.7. The van der Waals surface area contributed by atoms with Crippen molar-refractivity contribution in [2.24, 2.45) is 0 Å². The van der Waals surface area contributed by atoms with Crippen LogP contribution in [0, 0.1) is 19.9 Å². The number of imidazole rings is 1. The molecule has 62 heavy (non-hydrogen) atoms. The van der Waals surface area contributed by atoms with E-state index in [2.05, 4.69) is 27.8 Å². The summed E-state index contributed by atoms with van der Waals surface area (Å²) in [5.74, 6) is -0.451. The van der Waals surface area contributed by atoms with Crippen LogP contribution in [-0.4, -0.2) is 19.6 Å². The number of rotatable bonds is 8. The van der Waals surface area contributed by atoms with Crippen molar-refractivity contribution in [2.75, 3.05) is 0 Å². The Morgan fingerprint density at radius 2 is 1.37 bits per heavy atom. The van der Waals surface area contributed by atoms with E-state index in [0.29, 0.717) is 44.7 Å². The van der Waals surface area contributed by atoms with Crippen LogP contribution < -0.4 is 0 Å². The molecule has 0 aliphatic heterocycles. The zero-order valence-electron chi connectivity index (χ0n) is 44.6. The van der Waals surface area contributed by atoms with Crippen LogP contribution in [0.2, 0.25) is 0 Å². The predicted octanol–water partition coefficient (Wildman–Crippen LogP) is 15.0. The van der Waals surface area contributed by atoms with Gasteiger partial charge in [0.05, 0.1) is 33.3 Å². The molecule has 9 rings (SSSR count). The minimum Gasteiger partial charge on any atom is -0.507 e. The average molecular weight is 997 g/mol. The van der Waals surface area contributed by atoms with Gasteiger partial charge in [-0.2, -0.15) is 0 Å². The summed E-state index contributed by atoms with van der Waals surface area (Å²) in [6, 6.07) is 37.3. The van der Waals surface area contributed by atoms with Gasteiger partial charge < -0.3 is 5.11 Å². The number of aryl methyl sites for hydroxylation is 2. The molecule has 0 spiro atoms. The van der Waals surface area contributed by atoms with Crippen LogP contribution in [-0.2, 0) is 26.5 Å². The number of phenolic OH excluding ortho intramolecular Hbond substituents is 1. The number of para-hydroxylation sites is 1. The smallest absolute Gasteiger partial charge is 0.148 e. The number of benzene rings is 7. The second-order valence-corrected chi connectivity index (χ2v) is 16.7. The molecular formula is C57H50N3OPt-. The fraction of sp³-hybridized carbons (Fsp3) is 0.158. The molecule has 7 aromatic carbocycles. The van der Waals surface area contributed by atoms with Crippen molar-refractivity contribution >= 4 is 11.0 Å². The zero-order chi connectivity index (χ0) is 50.3. The first-order chi connectivity index (χ1) is 33.1. The minimum atomic E-state index is -0.997. The molecule has 2 heterocycles. The number of fused-ring (bicyclic) bond motifs is 1. The summed E-state index contributed by atoms with van der Waals surface area (Å²) in [5, 5.41) is 12.0. The molecule has 0 fully saturated rings. The Hall–Kier alpha value is -6.35. The third kappa shape index (κ3) is 8.08. The van der Waals surface area contributed by atoms with Gasteiger partial charge in [0.25, 0.3) is 0 Å². The maximum absolute atomic E-state index is 12.0. The number of hydrogen-bond donors (Lipinski definition) is 1. The van der Waals surface area contributed by atoms with Crippen molar-refractivity contribution in [3.63, 3.8) is 0 Å². The summed E-state index contributed by atoms with van der Waals surface area (Å²) in [5.41, 5.74) is 9.71. The summed E-state index contributed by atoms with van der Waals surface area (Å²) in [7, 11) is 0. The minimum absolute atomic E-state index is 0. The maximum Gasteiger partial charge on any atom is 0.148 e. The van der Waals surface area contributed by atoms with E-state index in [-0.39, 0.29) is 49.7 Å². The second-order valence-electron chi connectivity index (χ2n) is 16.7. The molecule has 0 atom stereocenters. The number of pyridine rings is 1. The Morgan fingerprint density at radius 1 is 0.694 bits per heavy atom. The molecule has 0 unspecified atom stereocenters. The third-order valence-electron chi connectivity index (χ3n) is 11.1. The van der Waals surface area contributed by atoms with Crippen LogP contribution in [0.4, 0.5) is 0 Å². The number of phenols is 1. The van der Waals surface area contributed by atoms with Crippen LogP contribution in [0.3, 0.4) is 0 Å². The van der Waals surface area contributed by atoms with Crippen molar-refractivity contribution in [1.29, 1.82) is 0 Å². The van der Waals surface area contributed by atoms with Crippen LogP contribution in [0.25, 0.3) is 83.9 Å². The fourth-order valence-electron chi connectivity index (χ4n) is 7.98.